The van der Waals surface area contributed by atoms with Gasteiger partial charge in [0.1, 0.15) is 6.20 Å². The second-order valence-electron chi connectivity index (χ2n) is 5.05. The standard InChI is InChI=1S/C17H12N4O4S/c22-20(23)13-11-16(21(24)25)17(18-12-13)19-26(14-7-3-1-4-8-14)15-9-5-2-6-10-15/h1-12H. The van der Waals surface area contributed by atoms with E-state index in [-0.39, 0.29) is 5.82 Å². The molecule has 26 heavy (non-hydrogen) atoms. The number of aromatic nitrogens is 1. The van der Waals surface area contributed by atoms with Gasteiger partial charge in [0, 0.05) is 9.79 Å². The Balaban J connectivity index is 2.21. The van der Waals surface area contributed by atoms with Crippen LogP contribution in [-0.4, -0.2) is 14.8 Å². The van der Waals surface area contributed by atoms with E-state index in [1.807, 2.05) is 60.7 Å². The Morgan fingerprint density at radius 1 is 0.846 bits per heavy atom. The summed E-state index contributed by atoms with van der Waals surface area (Å²) in [7, 11) is -0.858. The third-order valence-electron chi connectivity index (χ3n) is 3.35. The zero-order chi connectivity index (χ0) is 18.5. The summed E-state index contributed by atoms with van der Waals surface area (Å²) in [6.07, 6.45) is 0.976. The van der Waals surface area contributed by atoms with E-state index in [1.165, 1.54) is 0 Å². The van der Waals surface area contributed by atoms with Gasteiger partial charge in [0.15, 0.2) is 0 Å². The molecule has 0 bridgehead atoms. The molecular formula is C17H12N4O4S. The van der Waals surface area contributed by atoms with E-state index in [1.54, 1.807) is 0 Å². The lowest BCUT2D eigenvalue weighted by Crippen LogP contribution is -1.97. The minimum absolute atomic E-state index is 0.142. The summed E-state index contributed by atoms with van der Waals surface area (Å²) in [5, 5.41) is 22.2. The van der Waals surface area contributed by atoms with Crippen molar-refractivity contribution in [1.82, 2.24) is 4.98 Å². The molecule has 0 N–H and O–H groups in total. The molecule has 3 rings (SSSR count). The molecule has 1 heterocycles. The first-order valence-corrected chi connectivity index (χ1v) is 8.59. The number of rotatable bonds is 5. The van der Waals surface area contributed by atoms with Crippen LogP contribution in [0.4, 0.5) is 17.2 Å². The summed E-state index contributed by atoms with van der Waals surface area (Å²) in [6, 6.07) is 19.5. The fraction of sp³-hybridized carbons (Fsp3) is 0. The molecule has 8 nitrogen and oxygen atoms in total. The lowest BCUT2D eigenvalue weighted by molar-refractivity contribution is -0.394. The quantitative estimate of drug-likeness (QED) is 0.488. The van der Waals surface area contributed by atoms with Gasteiger partial charge in [0.25, 0.3) is 5.69 Å². The summed E-state index contributed by atoms with van der Waals surface area (Å²) in [6.45, 7) is 0. The first-order valence-electron chi connectivity index (χ1n) is 7.41. The molecule has 2 aromatic carbocycles. The van der Waals surface area contributed by atoms with Crippen molar-refractivity contribution >= 4 is 27.9 Å². The number of nitro groups is 2. The van der Waals surface area contributed by atoms with Gasteiger partial charge < -0.3 is 0 Å². The fourth-order valence-corrected chi connectivity index (χ4v) is 3.79. The van der Waals surface area contributed by atoms with E-state index in [2.05, 4.69) is 9.35 Å². The topological polar surface area (TPSA) is 112 Å². The van der Waals surface area contributed by atoms with Gasteiger partial charge in [-0.15, -0.1) is 0 Å². The Morgan fingerprint density at radius 3 is 1.85 bits per heavy atom. The lowest BCUT2D eigenvalue weighted by atomic mass is 10.3. The largest absolute Gasteiger partial charge is 0.321 e. The Hall–Kier alpha value is -3.46. The fourth-order valence-electron chi connectivity index (χ4n) is 2.17. The van der Waals surface area contributed by atoms with Crippen LogP contribution in [0.25, 0.3) is 0 Å². The molecule has 1 aromatic heterocycles. The number of pyridine rings is 1. The third-order valence-corrected chi connectivity index (χ3v) is 5.14. The SMILES string of the molecule is O=[N+]([O-])c1cnc(N=S(c2ccccc2)c2ccccc2)c([N+](=O)[O-])c1. The Bertz CT molecular complexity index is 953. The second-order valence-corrected chi connectivity index (χ2v) is 6.75. The van der Waals surface area contributed by atoms with E-state index in [4.69, 9.17) is 0 Å². The van der Waals surface area contributed by atoms with Gasteiger partial charge in [-0.05, 0) is 35.0 Å². The van der Waals surface area contributed by atoms with Gasteiger partial charge in [0.2, 0.25) is 5.82 Å². The van der Waals surface area contributed by atoms with Crippen molar-refractivity contribution in [3.05, 3.63) is 93.2 Å². The van der Waals surface area contributed by atoms with E-state index in [0.29, 0.717) is 0 Å². The van der Waals surface area contributed by atoms with Gasteiger partial charge in [-0.3, -0.25) is 20.2 Å². The maximum Gasteiger partial charge on any atom is 0.321 e. The lowest BCUT2D eigenvalue weighted by Gasteiger charge is -2.08. The highest BCUT2D eigenvalue weighted by Crippen LogP contribution is 2.31. The van der Waals surface area contributed by atoms with Gasteiger partial charge in [-0.1, -0.05) is 36.4 Å². The maximum absolute atomic E-state index is 11.3. The van der Waals surface area contributed by atoms with Crippen molar-refractivity contribution < 1.29 is 9.85 Å². The van der Waals surface area contributed by atoms with E-state index < -0.39 is 31.9 Å². The summed E-state index contributed by atoms with van der Waals surface area (Å²) in [5.74, 6) is -0.142. The van der Waals surface area contributed by atoms with Crippen LogP contribution in [-0.2, 0) is 10.7 Å². The molecule has 0 aliphatic rings. The van der Waals surface area contributed by atoms with Crippen LogP contribution < -0.4 is 0 Å². The summed E-state index contributed by atoms with van der Waals surface area (Å²) >= 11 is 0. The monoisotopic (exact) mass is 368 g/mol. The van der Waals surface area contributed by atoms with Crippen molar-refractivity contribution in [2.24, 2.45) is 4.36 Å². The van der Waals surface area contributed by atoms with E-state index in [9.17, 15) is 20.2 Å². The number of hydrogen-bond donors (Lipinski definition) is 0. The first kappa shape index (κ1) is 17.4. The van der Waals surface area contributed by atoms with Crippen LogP contribution in [0.15, 0.2) is 87.1 Å². The molecule has 0 radical (unpaired) electrons. The van der Waals surface area contributed by atoms with E-state index in [0.717, 1.165) is 22.1 Å². The molecule has 0 saturated carbocycles. The molecule has 0 aliphatic carbocycles. The van der Waals surface area contributed by atoms with Crippen LogP contribution in [0.3, 0.4) is 0 Å². The first-order chi connectivity index (χ1) is 12.6. The Morgan fingerprint density at radius 2 is 1.38 bits per heavy atom. The molecule has 0 saturated heterocycles. The molecule has 9 heteroatoms. The minimum Gasteiger partial charge on any atom is -0.258 e. The van der Waals surface area contributed by atoms with Gasteiger partial charge in [0.05, 0.1) is 15.9 Å². The predicted molar refractivity (Wildman–Crippen MR) is 96.4 cm³/mol. The van der Waals surface area contributed by atoms with Crippen molar-refractivity contribution in [2.45, 2.75) is 9.79 Å². The van der Waals surface area contributed by atoms with Gasteiger partial charge in [-0.2, -0.15) is 4.36 Å². The van der Waals surface area contributed by atoms with Gasteiger partial charge in [-0.25, -0.2) is 4.98 Å². The highest BCUT2D eigenvalue weighted by molar-refractivity contribution is 7.87. The summed E-state index contributed by atoms with van der Waals surface area (Å²) in [4.78, 5) is 26.3. The van der Waals surface area contributed by atoms with Crippen LogP contribution in [0, 0.1) is 20.2 Å². The van der Waals surface area contributed by atoms with Crippen molar-refractivity contribution in [3.8, 4) is 0 Å². The average molecular weight is 368 g/mol. The average Bonchev–Trinajstić information content (AvgIpc) is 2.67. The summed E-state index contributed by atoms with van der Waals surface area (Å²) in [5.41, 5.74) is -0.946. The minimum atomic E-state index is -0.858. The summed E-state index contributed by atoms with van der Waals surface area (Å²) < 4.78 is 4.47. The molecule has 0 amide bonds. The van der Waals surface area contributed by atoms with Crippen molar-refractivity contribution in [2.75, 3.05) is 0 Å². The molecule has 0 fully saturated rings. The Labute approximate surface area is 150 Å². The molecule has 3 aromatic rings. The molecule has 130 valence electrons. The predicted octanol–water partition coefficient (Wildman–Crippen LogP) is 4.45. The highest BCUT2D eigenvalue weighted by atomic mass is 32.2. The highest BCUT2D eigenvalue weighted by Gasteiger charge is 2.21. The van der Waals surface area contributed by atoms with Crippen LogP contribution in [0.1, 0.15) is 0 Å². The molecule has 0 aliphatic heterocycles. The maximum atomic E-state index is 11.3. The smallest absolute Gasteiger partial charge is 0.258 e. The van der Waals surface area contributed by atoms with Crippen molar-refractivity contribution in [3.63, 3.8) is 0 Å². The molecule has 0 atom stereocenters. The van der Waals surface area contributed by atoms with Crippen LogP contribution >= 0.6 is 0 Å². The molecule has 0 unspecified atom stereocenters. The zero-order valence-electron chi connectivity index (χ0n) is 13.3. The Kier molecular flexibility index (Phi) is 5.09. The zero-order valence-corrected chi connectivity index (χ0v) is 14.1. The molecule has 0 spiro atoms. The normalized spacial score (nSPS) is 10.5. The number of nitrogens with zero attached hydrogens (tertiary/aromatic N) is 4. The molecular weight excluding hydrogens is 356 g/mol. The number of hydrogen-bond acceptors (Lipinski definition) is 6. The van der Waals surface area contributed by atoms with Crippen LogP contribution in [0.2, 0.25) is 0 Å². The van der Waals surface area contributed by atoms with Gasteiger partial charge >= 0.3 is 5.69 Å². The van der Waals surface area contributed by atoms with Crippen molar-refractivity contribution in [1.29, 1.82) is 0 Å². The van der Waals surface area contributed by atoms with E-state index >= 15 is 0 Å². The number of benzene rings is 2. The van der Waals surface area contributed by atoms with Crippen LogP contribution in [0.5, 0.6) is 0 Å². The third kappa shape index (κ3) is 3.78. The second kappa shape index (κ2) is 7.62.